The maximum atomic E-state index is 6.92. The van der Waals surface area contributed by atoms with E-state index in [0.29, 0.717) is 5.02 Å². The first-order valence-electron chi connectivity index (χ1n) is 12.5. The van der Waals surface area contributed by atoms with Crippen molar-refractivity contribution in [3.8, 4) is 21.6 Å². The zero-order valence-electron chi connectivity index (χ0n) is 20.3. The molecule has 2 nitrogen and oxygen atoms in total. The van der Waals surface area contributed by atoms with Crippen molar-refractivity contribution in [3.05, 3.63) is 138 Å². The molecular formula is C34H22ClNOS. The summed E-state index contributed by atoms with van der Waals surface area (Å²) in [5.74, 6) is 0. The predicted octanol–water partition coefficient (Wildman–Crippen LogP) is 11.1. The number of nitrogens with zero attached hydrogens (tertiary/aromatic N) is 1. The molecule has 0 fully saturated rings. The molecule has 0 aliphatic rings. The molecule has 0 aliphatic carbocycles. The summed E-state index contributed by atoms with van der Waals surface area (Å²) in [4.78, 5) is 3.46. The monoisotopic (exact) mass is 527 g/mol. The van der Waals surface area contributed by atoms with Gasteiger partial charge in [-0.05, 0) is 53.1 Å². The molecule has 0 atom stereocenters. The summed E-state index contributed by atoms with van der Waals surface area (Å²) < 4.78 is 6.24. The van der Waals surface area contributed by atoms with E-state index in [1.54, 1.807) is 11.3 Å². The van der Waals surface area contributed by atoms with E-state index in [1.807, 2.05) is 36.4 Å². The fraction of sp³-hybridized carbons (Fsp3) is 0. The number of benzene rings is 5. The lowest BCUT2D eigenvalue weighted by Crippen LogP contribution is -2.08. The van der Waals surface area contributed by atoms with Crippen LogP contribution in [0.4, 0.5) is 16.4 Å². The summed E-state index contributed by atoms with van der Waals surface area (Å²) in [6.45, 7) is 0. The Morgan fingerprint density at radius 3 is 1.97 bits per heavy atom. The third kappa shape index (κ3) is 4.06. The summed E-state index contributed by atoms with van der Waals surface area (Å²) in [5.41, 5.74) is 7.19. The van der Waals surface area contributed by atoms with Crippen LogP contribution in [0, 0.1) is 0 Å². The molecular weight excluding hydrogens is 506 g/mol. The summed E-state index contributed by atoms with van der Waals surface area (Å²) in [5, 5.41) is 3.75. The molecule has 4 heteroatoms. The fourth-order valence-electron chi connectivity index (χ4n) is 4.96. The topological polar surface area (TPSA) is 16.4 Å². The van der Waals surface area contributed by atoms with Gasteiger partial charge in [-0.25, -0.2) is 0 Å². The van der Waals surface area contributed by atoms with Gasteiger partial charge in [0.2, 0.25) is 0 Å². The van der Waals surface area contributed by atoms with Gasteiger partial charge in [-0.2, -0.15) is 0 Å². The highest BCUT2D eigenvalue weighted by atomic mass is 35.5. The van der Waals surface area contributed by atoms with Crippen LogP contribution in [-0.2, 0) is 0 Å². The molecule has 0 aliphatic heterocycles. The standard InChI is InChI=1S/C34H22ClNOS/c35-29-21-27(22-31-34(29)28-13-7-8-14-30(28)37-31)36(33-20-19-32(38-33)25-11-5-2-6-12-25)26-17-15-24(16-18-26)23-9-3-1-4-10-23/h1-22H. The van der Waals surface area contributed by atoms with Crippen molar-refractivity contribution in [1.29, 1.82) is 0 Å². The largest absolute Gasteiger partial charge is 0.456 e. The molecule has 0 bridgehead atoms. The number of para-hydroxylation sites is 1. The zero-order chi connectivity index (χ0) is 25.5. The Morgan fingerprint density at radius 1 is 0.553 bits per heavy atom. The average molecular weight is 528 g/mol. The summed E-state index contributed by atoms with van der Waals surface area (Å²) in [6.07, 6.45) is 0. The second-order valence-electron chi connectivity index (χ2n) is 9.15. The van der Waals surface area contributed by atoms with Gasteiger partial charge in [0, 0.05) is 27.4 Å². The van der Waals surface area contributed by atoms with Crippen molar-refractivity contribution in [1.82, 2.24) is 0 Å². The number of anilines is 3. The first-order valence-corrected chi connectivity index (χ1v) is 13.7. The van der Waals surface area contributed by atoms with Crippen molar-refractivity contribution in [2.24, 2.45) is 0 Å². The minimum absolute atomic E-state index is 0.674. The Balaban J connectivity index is 1.38. The van der Waals surface area contributed by atoms with Crippen LogP contribution in [0.25, 0.3) is 43.5 Å². The van der Waals surface area contributed by atoms with Gasteiger partial charge in [-0.15, -0.1) is 11.3 Å². The van der Waals surface area contributed by atoms with Crippen LogP contribution in [0.5, 0.6) is 0 Å². The summed E-state index contributed by atoms with van der Waals surface area (Å²) in [6, 6.07) is 46.1. The molecule has 38 heavy (non-hydrogen) atoms. The highest BCUT2D eigenvalue weighted by Crippen LogP contribution is 2.45. The van der Waals surface area contributed by atoms with Crippen LogP contribution in [0.2, 0.25) is 5.02 Å². The molecule has 2 heterocycles. The first kappa shape index (κ1) is 22.9. The van der Waals surface area contributed by atoms with Gasteiger partial charge >= 0.3 is 0 Å². The Labute approximate surface area is 230 Å². The maximum Gasteiger partial charge on any atom is 0.139 e. The van der Waals surface area contributed by atoms with Crippen LogP contribution in [0.1, 0.15) is 0 Å². The quantitative estimate of drug-likeness (QED) is 0.221. The Kier molecular flexibility index (Phi) is 5.73. The third-order valence-corrected chi connectivity index (χ3v) is 8.19. The summed E-state index contributed by atoms with van der Waals surface area (Å²) in [7, 11) is 0. The van der Waals surface area contributed by atoms with Crippen molar-refractivity contribution in [2.75, 3.05) is 4.90 Å². The van der Waals surface area contributed by atoms with E-state index in [0.717, 1.165) is 38.3 Å². The highest BCUT2D eigenvalue weighted by molar-refractivity contribution is 7.19. The molecule has 0 amide bonds. The Bertz CT molecular complexity index is 1870. The van der Waals surface area contributed by atoms with Crippen LogP contribution >= 0.6 is 22.9 Å². The molecule has 7 aromatic rings. The molecule has 0 saturated carbocycles. The maximum absolute atomic E-state index is 6.92. The molecule has 2 aromatic heterocycles. The van der Waals surface area contributed by atoms with E-state index < -0.39 is 0 Å². The zero-order valence-corrected chi connectivity index (χ0v) is 21.9. The number of hydrogen-bond donors (Lipinski definition) is 0. The average Bonchev–Trinajstić information content (AvgIpc) is 3.60. The molecule has 5 aromatic carbocycles. The van der Waals surface area contributed by atoms with Crippen molar-refractivity contribution in [2.45, 2.75) is 0 Å². The number of fused-ring (bicyclic) bond motifs is 3. The van der Waals surface area contributed by atoms with Crippen LogP contribution in [0.15, 0.2) is 138 Å². The molecule has 7 rings (SSSR count). The number of hydrogen-bond acceptors (Lipinski definition) is 3. The highest BCUT2D eigenvalue weighted by Gasteiger charge is 2.19. The van der Waals surface area contributed by atoms with Gasteiger partial charge < -0.3 is 9.32 Å². The Hall–Kier alpha value is -4.31. The number of halogens is 1. The van der Waals surface area contributed by atoms with Crippen LogP contribution in [-0.4, -0.2) is 0 Å². The Morgan fingerprint density at radius 2 is 1.21 bits per heavy atom. The van der Waals surface area contributed by atoms with E-state index in [-0.39, 0.29) is 0 Å². The molecule has 0 N–H and O–H groups in total. The summed E-state index contributed by atoms with van der Waals surface area (Å²) >= 11 is 8.68. The number of thiophene rings is 1. The van der Waals surface area contributed by atoms with Crippen LogP contribution < -0.4 is 4.90 Å². The fourth-order valence-corrected chi connectivity index (χ4v) is 6.32. The van der Waals surface area contributed by atoms with E-state index in [1.165, 1.54) is 21.6 Å². The number of furan rings is 1. The first-order chi connectivity index (χ1) is 18.7. The lowest BCUT2D eigenvalue weighted by molar-refractivity contribution is 0.669. The third-order valence-electron chi connectivity index (χ3n) is 6.78. The molecule has 182 valence electrons. The van der Waals surface area contributed by atoms with E-state index in [2.05, 4.69) is 102 Å². The normalized spacial score (nSPS) is 11.3. The van der Waals surface area contributed by atoms with Gasteiger partial charge in [0.25, 0.3) is 0 Å². The van der Waals surface area contributed by atoms with Crippen molar-refractivity contribution >= 4 is 61.3 Å². The van der Waals surface area contributed by atoms with Crippen LogP contribution in [0.3, 0.4) is 0 Å². The molecule has 0 unspecified atom stereocenters. The molecule has 0 spiro atoms. The minimum Gasteiger partial charge on any atom is -0.456 e. The van der Waals surface area contributed by atoms with Gasteiger partial charge in [-0.1, -0.05) is 103 Å². The smallest absolute Gasteiger partial charge is 0.139 e. The van der Waals surface area contributed by atoms with Gasteiger partial charge in [0.1, 0.15) is 16.2 Å². The molecule has 0 radical (unpaired) electrons. The van der Waals surface area contributed by atoms with Gasteiger partial charge in [0.05, 0.1) is 10.7 Å². The lowest BCUT2D eigenvalue weighted by Gasteiger charge is -2.24. The van der Waals surface area contributed by atoms with Crippen molar-refractivity contribution < 1.29 is 4.42 Å². The minimum atomic E-state index is 0.674. The SMILES string of the molecule is Clc1cc(N(c2ccc(-c3ccccc3)cc2)c2ccc(-c3ccccc3)s2)cc2oc3ccccc3c12. The van der Waals surface area contributed by atoms with Gasteiger partial charge in [-0.3, -0.25) is 0 Å². The second-order valence-corrected chi connectivity index (χ2v) is 10.6. The lowest BCUT2D eigenvalue weighted by atomic mass is 10.1. The van der Waals surface area contributed by atoms with E-state index >= 15 is 0 Å². The van der Waals surface area contributed by atoms with Crippen molar-refractivity contribution in [3.63, 3.8) is 0 Å². The van der Waals surface area contributed by atoms with Gasteiger partial charge in [0.15, 0.2) is 0 Å². The van der Waals surface area contributed by atoms with E-state index in [9.17, 15) is 0 Å². The number of rotatable bonds is 5. The molecule has 0 saturated heterocycles. The second kappa shape index (κ2) is 9.53. The predicted molar refractivity (Wildman–Crippen MR) is 162 cm³/mol. The van der Waals surface area contributed by atoms with E-state index in [4.69, 9.17) is 16.0 Å².